The molecule has 5 heteroatoms. The Morgan fingerprint density at radius 3 is 2.53 bits per heavy atom. The Morgan fingerprint density at radius 1 is 1.53 bits per heavy atom. The second-order valence-corrected chi connectivity index (χ2v) is 4.99. The van der Waals surface area contributed by atoms with Crippen LogP contribution >= 0.6 is 0 Å². The van der Waals surface area contributed by atoms with Crippen molar-refractivity contribution in [3.05, 3.63) is 0 Å². The van der Waals surface area contributed by atoms with Crippen LogP contribution in [0, 0.1) is 5.92 Å². The molecule has 0 unspecified atom stereocenters. The molecule has 1 aliphatic rings. The van der Waals surface area contributed by atoms with Crippen molar-refractivity contribution in [3.8, 4) is 0 Å². The number of hydrogen-bond acceptors (Lipinski definition) is 4. The lowest BCUT2D eigenvalue weighted by atomic mass is 10.1. The average molecular weight is 216 g/mol. The Bertz CT molecular complexity index is 237. The molecule has 0 saturated carbocycles. The Morgan fingerprint density at radius 2 is 2.13 bits per heavy atom. The van der Waals surface area contributed by atoms with Crippen molar-refractivity contribution in [3.63, 3.8) is 0 Å². The van der Waals surface area contributed by atoms with Crippen LogP contribution in [0.4, 0.5) is 4.79 Å². The monoisotopic (exact) mass is 216 g/mol. The van der Waals surface area contributed by atoms with E-state index in [1.54, 1.807) is 4.90 Å². The van der Waals surface area contributed by atoms with Gasteiger partial charge in [-0.2, -0.15) is 0 Å². The fraction of sp³-hybridized carbons (Fsp3) is 0.900. The summed E-state index contributed by atoms with van der Waals surface area (Å²) in [5, 5.41) is 9.01. The van der Waals surface area contributed by atoms with E-state index >= 15 is 0 Å². The number of aliphatic hydroxyl groups is 1. The first-order chi connectivity index (χ1) is 6.83. The third kappa shape index (κ3) is 3.35. The van der Waals surface area contributed by atoms with Crippen molar-refractivity contribution >= 4 is 6.09 Å². The zero-order valence-electron chi connectivity index (χ0n) is 9.56. The smallest absolute Gasteiger partial charge is 0.410 e. The molecule has 1 rings (SSSR count). The van der Waals surface area contributed by atoms with Gasteiger partial charge >= 0.3 is 6.09 Å². The Balaban J connectivity index is 2.50. The summed E-state index contributed by atoms with van der Waals surface area (Å²) < 4.78 is 5.21. The molecule has 0 aromatic rings. The second-order valence-electron chi connectivity index (χ2n) is 4.99. The molecule has 1 fully saturated rings. The number of nitrogens with two attached hydrogens (primary N) is 1. The van der Waals surface area contributed by atoms with Crippen molar-refractivity contribution < 1.29 is 14.6 Å². The largest absolute Gasteiger partial charge is 0.444 e. The van der Waals surface area contributed by atoms with Gasteiger partial charge < -0.3 is 20.5 Å². The number of amides is 1. The lowest BCUT2D eigenvalue weighted by Crippen LogP contribution is -2.36. The predicted octanol–water partition coefficient (Wildman–Crippen LogP) is 0.173. The maximum Gasteiger partial charge on any atom is 0.410 e. The van der Waals surface area contributed by atoms with E-state index in [0.29, 0.717) is 13.1 Å². The highest BCUT2D eigenvalue weighted by atomic mass is 16.6. The quantitative estimate of drug-likeness (QED) is 0.655. The molecule has 1 amide bonds. The molecule has 0 spiro atoms. The van der Waals surface area contributed by atoms with Gasteiger partial charge in [0.1, 0.15) is 5.60 Å². The lowest BCUT2D eigenvalue weighted by molar-refractivity contribution is 0.0283. The topological polar surface area (TPSA) is 75.8 Å². The van der Waals surface area contributed by atoms with Gasteiger partial charge in [0.2, 0.25) is 0 Å². The molecular formula is C10H20N2O3. The zero-order valence-corrected chi connectivity index (χ0v) is 9.56. The molecule has 0 aromatic heterocycles. The van der Waals surface area contributed by atoms with E-state index in [9.17, 15) is 4.79 Å². The summed E-state index contributed by atoms with van der Waals surface area (Å²) >= 11 is 0. The number of rotatable bonds is 1. The summed E-state index contributed by atoms with van der Waals surface area (Å²) in [7, 11) is 0. The first-order valence-corrected chi connectivity index (χ1v) is 5.18. The van der Waals surface area contributed by atoms with E-state index < -0.39 is 5.60 Å². The second kappa shape index (κ2) is 4.37. The lowest BCUT2D eigenvalue weighted by Gasteiger charge is -2.24. The summed E-state index contributed by atoms with van der Waals surface area (Å²) in [6.07, 6.45) is -0.353. The average Bonchev–Trinajstić information content (AvgIpc) is 2.43. The van der Waals surface area contributed by atoms with Gasteiger partial charge in [-0.3, -0.25) is 0 Å². The minimum atomic E-state index is -0.488. The number of hydrogen-bond donors (Lipinski definition) is 2. The van der Waals surface area contributed by atoms with Gasteiger partial charge in [0.25, 0.3) is 0 Å². The Hall–Kier alpha value is -0.810. The van der Waals surface area contributed by atoms with Crippen molar-refractivity contribution in [2.75, 3.05) is 19.7 Å². The molecule has 0 radical (unpaired) electrons. The summed E-state index contributed by atoms with van der Waals surface area (Å²) in [5.74, 6) is -0.0301. The van der Waals surface area contributed by atoms with E-state index in [1.165, 1.54) is 0 Å². The van der Waals surface area contributed by atoms with Crippen LogP contribution in [0.3, 0.4) is 0 Å². The third-order valence-corrected chi connectivity index (χ3v) is 2.38. The fourth-order valence-corrected chi connectivity index (χ4v) is 1.57. The molecule has 5 nitrogen and oxygen atoms in total. The molecule has 0 aliphatic carbocycles. The number of ether oxygens (including phenoxy) is 1. The molecule has 0 bridgehead atoms. The van der Waals surface area contributed by atoms with Crippen LogP contribution in [0.1, 0.15) is 20.8 Å². The number of likely N-dealkylation sites (tertiary alicyclic amines) is 1. The molecule has 1 saturated heterocycles. The van der Waals surface area contributed by atoms with Gasteiger partial charge in [-0.05, 0) is 20.8 Å². The van der Waals surface area contributed by atoms with Crippen molar-refractivity contribution in [1.29, 1.82) is 0 Å². The standard InChI is InChI=1S/C10H20N2O3/c1-10(2,3)15-9(14)12-4-7(6-13)8(11)5-12/h7-8,13H,4-6,11H2,1-3H3/t7-,8-/m1/s1. The Labute approximate surface area is 90.2 Å². The van der Waals surface area contributed by atoms with Crippen LogP contribution in [-0.2, 0) is 4.74 Å². The molecule has 1 aliphatic heterocycles. The van der Waals surface area contributed by atoms with Gasteiger partial charge in [-0.15, -0.1) is 0 Å². The van der Waals surface area contributed by atoms with Gasteiger partial charge in [0.15, 0.2) is 0 Å². The van der Waals surface area contributed by atoms with Gasteiger partial charge in [0.05, 0.1) is 0 Å². The van der Waals surface area contributed by atoms with Crippen molar-refractivity contribution in [2.45, 2.75) is 32.4 Å². The number of aliphatic hydroxyl groups excluding tert-OH is 1. The van der Waals surface area contributed by atoms with Gasteiger partial charge in [-0.25, -0.2) is 4.79 Å². The molecule has 0 aromatic carbocycles. The molecule has 1 heterocycles. The minimum Gasteiger partial charge on any atom is -0.444 e. The minimum absolute atomic E-state index is 0.0143. The van der Waals surface area contributed by atoms with Crippen LogP contribution in [0.15, 0.2) is 0 Å². The van der Waals surface area contributed by atoms with Crippen LogP contribution in [0.25, 0.3) is 0 Å². The number of carbonyl (C=O) groups is 1. The van der Waals surface area contributed by atoms with Crippen LogP contribution in [0.2, 0.25) is 0 Å². The predicted molar refractivity (Wildman–Crippen MR) is 56.4 cm³/mol. The van der Waals surface area contributed by atoms with Gasteiger partial charge in [-0.1, -0.05) is 0 Å². The molecule has 88 valence electrons. The summed E-state index contributed by atoms with van der Waals surface area (Å²) in [6.45, 7) is 6.42. The summed E-state index contributed by atoms with van der Waals surface area (Å²) in [4.78, 5) is 13.2. The maximum absolute atomic E-state index is 11.6. The highest BCUT2D eigenvalue weighted by molar-refractivity contribution is 5.68. The highest BCUT2D eigenvalue weighted by Gasteiger charge is 2.34. The maximum atomic E-state index is 11.6. The summed E-state index contributed by atoms with van der Waals surface area (Å²) in [6, 6.07) is -0.150. The molecule has 2 atom stereocenters. The number of nitrogens with zero attached hydrogens (tertiary/aromatic N) is 1. The normalized spacial score (nSPS) is 26.9. The van der Waals surface area contributed by atoms with Crippen LogP contribution < -0.4 is 5.73 Å². The molecule has 15 heavy (non-hydrogen) atoms. The first kappa shape index (κ1) is 12.3. The zero-order chi connectivity index (χ0) is 11.6. The molecule has 3 N–H and O–H groups in total. The van der Waals surface area contributed by atoms with Crippen LogP contribution in [-0.4, -0.2) is 47.4 Å². The van der Waals surface area contributed by atoms with Gasteiger partial charge in [0, 0.05) is 31.7 Å². The van der Waals surface area contributed by atoms with Crippen molar-refractivity contribution in [1.82, 2.24) is 4.90 Å². The van der Waals surface area contributed by atoms with E-state index in [0.717, 1.165) is 0 Å². The van der Waals surface area contributed by atoms with Crippen molar-refractivity contribution in [2.24, 2.45) is 11.7 Å². The van der Waals surface area contributed by atoms with E-state index in [4.69, 9.17) is 15.6 Å². The fourth-order valence-electron chi connectivity index (χ4n) is 1.57. The SMILES string of the molecule is CC(C)(C)OC(=O)N1C[C@H](CO)[C@H](N)C1. The Kier molecular flexibility index (Phi) is 3.57. The first-order valence-electron chi connectivity index (χ1n) is 5.18. The third-order valence-electron chi connectivity index (χ3n) is 2.38. The van der Waals surface area contributed by atoms with E-state index in [2.05, 4.69) is 0 Å². The van der Waals surface area contributed by atoms with Crippen LogP contribution in [0.5, 0.6) is 0 Å². The molecular weight excluding hydrogens is 196 g/mol. The summed E-state index contributed by atoms with van der Waals surface area (Å²) in [5.41, 5.74) is 5.28. The van der Waals surface area contributed by atoms with E-state index in [1.807, 2.05) is 20.8 Å². The highest BCUT2D eigenvalue weighted by Crippen LogP contribution is 2.18. The van der Waals surface area contributed by atoms with E-state index in [-0.39, 0.29) is 24.7 Å². The number of carbonyl (C=O) groups excluding carboxylic acids is 1.